The lowest BCUT2D eigenvalue weighted by Gasteiger charge is -2.19. The maximum absolute atomic E-state index is 13.4. The topological polar surface area (TPSA) is 143 Å². The number of furan rings is 1. The lowest BCUT2D eigenvalue weighted by Crippen LogP contribution is -2.28. The summed E-state index contributed by atoms with van der Waals surface area (Å²) in [5, 5.41) is 17.9. The molecule has 0 saturated heterocycles. The van der Waals surface area contributed by atoms with Gasteiger partial charge in [0.1, 0.15) is 46.8 Å². The monoisotopic (exact) mass is 502 g/mol. The van der Waals surface area contributed by atoms with E-state index >= 15 is 0 Å². The highest BCUT2D eigenvalue weighted by molar-refractivity contribution is 7.91. The molecule has 4 aromatic rings. The molecule has 0 aliphatic rings. The first kappa shape index (κ1) is 24.5. The number of aliphatic hydroxyl groups is 1. The first-order valence-corrected chi connectivity index (χ1v) is 12.4. The van der Waals surface area contributed by atoms with E-state index in [2.05, 4.69) is 15.2 Å². The molecule has 3 heterocycles. The van der Waals surface area contributed by atoms with Crippen molar-refractivity contribution in [1.82, 2.24) is 19.7 Å². The molecule has 0 saturated carbocycles. The van der Waals surface area contributed by atoms with E-state index < -0.39 is 26.9 Å². The summed E-state index contributed by atoms with van der Waals surface area (Å²) in [4.78, 5) is 4.05. The van der Waals surface area contributed by atoms with Gasteiger partial charge in [0, 0.05) is 6.92 Å². The van der Waals surface area contributed by atoms with Gasteiger partial charge in [0.25, 0.3) is 0 Å². The molecule has 3 aromatic heterocycles. The number of sulfone groups is 1. The van der Waals surface area contributed by atoms with Gasteiger partial charge in [-0.25, -0.2) is 13.4 Å². The fraction of sp³-hybridized carbons (Fsp3) is 0.348. The lowest BCUT2D eigenvalue weighted by atomic mass is 10.2. The molecule has 2 atom stereocenters. The van der Waals surface area contributed by atoms with Crippen LogP contribution in [-0.2, 0) is 15.6 Å². The van der Waals surface area contributed by atoms with Gasteiger partial charge in [0.15, 0.2) is 27.3 Å². The number of oxazole rings is 1. The Morgan fingerprint density at radius 3 is 2.31 bits per heavy atom. The number of hydrogen-bond acceptors (Lipinski definition) is 10. The third-order valence-corrected chi connectivity index (χ3v) is 7.65. The van der Waals surface area contributed by atoms with Gasteiger partial charge >= 0.3 is 0 Å². The minimum atomic E-state index is -3.95. The molecule has 12 heteroatoms. The molecule has 0 fully saturated rings. The number of methoxy groups -OCH3 is 2. The van der Waals surface area contributed by atoms with E-state index in [1.165, 1.54) is 32.0 Å². The number of para-hydroxylation sites is 1. The summed E-state index contributed by atoms with van der Waals surface area (Å²) in [5.74, 6) is 2.02. The lowest BCUT2D eigenvalue weighted by molar-refractivity contribution is 0.171. The second-order valence-corrected chi connectivity index (χ2v) is 10.3. The predicted molar refractivity (Wildman–Crippen MR) is 125 cm³/mol. The summed E-state index contributed by atoms with van der Waals surface area (Å²) in [6.07, 6.45) is -0.146. The van der Waals surface area contributed by atoms with Gasteiger partial charge in [-0.15, -0.1) is 10.2 Å². The smallest absolute Gasteiger partial charge is 0.204 e. The van der Waals surface area contributed by atoms with E-state index in [4.69, 9.17) is 18.3 Å². The zero-order valence-electron chi connectivity index (χ0n) is 19.9. The van der Waals surface area contributed by atoms with Crippen LogP contribution in [0, 0.1) is 13.8 Å². The first-order valence-electron chi connectivity index (χ1n) is 10.7. The molecule has 4 rings (SSSR count). The molecule has 0 bridgehead atoms. The number of aryl methyl sites for hydroxylation is 2. The molecule has 0 unspecified atom stereocenters. The molecule has 186 valence electrons. The third-order valence-electron chi connectivity index (χ3n) is 5.60. The predicted octanol–water partition coefficient (Wildman–Crippen LogP) is 3.19. The highest BCUT2D eigenvalue weighted by atomic mass is 32.2. The number of benzene rings is 1. The standard InChI is InChI=1S/C23H26N4O7S/c1-13-9-10-19(34-13)23-26-25-20(27(23)21-17(31-4)7-6-8-18(21)32-5)12-35(29,30)14(2)22(28)16-11-33-15(3)24-16/h6-11,14,22,28H,12H2,1-5H3/t14-,22-/m1/s1. The molecule has 35 heavy (non-hydrogen) atoms. The van der Waals surface area contributed by atoms with Crippen LogP contribution in [0.1, 0.15) is 36.2 Å². The second-order valence-electron chi connectivity index (χ2n) is 7.95. The Kier molecular flexibility index (Phi) is 6.68. The highest BCUT2D eigenvalue weighted by Gasteiger charge is 2.34. The average molecular weight is 503 g/mol. The van der Waals surface area contributed by atoms with Crippen molar-refractivity contribution < 1.29 is 31.8 Å². The summed E-state index contributed by atoms with van der Waals surface area (Å²) < 4.78 is 50.3. The Bertz CT molecular complexity index is 1420. The molecular formula is C23H26N4O7S. The molecule has 1 aromatic carbocycles. The Morgan fingerprint density at radius 1 is 1.09 bits per heavy atom. The molecule has 0 spiro atoms. The molecule has 0 aliphatic carbocycles. The van der Waals surface area contributed by atoms with Gasteiger partial charge in [-0.1, -0.05) is 6.07 Å². The van der Waals surface area contributed by atoms with Crippen LogP contribution in [0.3, 0.4) is 0 Å². The largest absolute Gasteiger partial charge is 0.494 e. The van der Waals surface area contributed by atoms with Crippen molar-refractivity contribution in [3.05, 3.63) is 59.8 Å². The van der Waals surface area contributed by atoms with Crippen LogP contribution >= 0.6 is 0 Å². The van der Waals surface area contributed by atoms with Crippen molar-refractivity contribution in [2.45, 2.75) is 37.9 Å². The van der Waals surface area contributed by atoms with Gasteiger partial charge in [-0.2, -0.15) is 0 Å². The number of hydrogen-bond donors (Lipinski definition) is 1. The summed E-state index contributed by atoms with van der Waals surface area (Å²) >= 11 is 0. The van der Waals surface area contributed by atoms with Crippen LogP contribution in [0.15, 0.2) is 45.4 Å². The van der Waals surface area contributed by atoms with E-state index in [1.54, 1.807) is 44.2 Å². The van der Waals surface area contributed by atoms with Crippen LogP contribution < -0.4 is 9.47 Å². The Hall–Kier alpha value is -3.64. The van der Waals surface area contributed by atoms with Gasteiger partial charge in [0.05, 0.1) is 19.5 Å². The van der Waals surface area contributed by atoms with Gasteiger partial charge in [-0.3, -0.25) is 4.57 Å². The minimum absolute atomic E-state index is 0.0900. The van der Waals surface area contributed by atoms with Gasteiger partial charge in [0.2, 0.25) is 5.82 Å². The number of aromatic nitrogens is 4. The summed E-state index contributed by atoms with van der Waals surface area (Å²) in [7, 11) is -0.964. The Morgan fingerprint density at radius 2 is 1.77 bits per heavy atom. The van der Waals surface area contributed by atoms with Crippen molar-refractivity contribution in [1.29, 1.82) is 0 Å². The number of ether oxygens (including phenoxy) is 2. The van der Waals surface area contributed by atoms with E-state index in [1.807, 2.05) is 0 Å². The molecular weight excluding hydrogens is 476 g/mol. The fourth-order valence-corrected chi connectivity index (χ4v) is 5.02. The van der Waals surface area contributed by atoms with Crippen LogP contribution in [-0.4, -0.2) is 52.7 Å². The fourth-order valence-electron chi connectivity index (χ4n) is 3.68. The summed E-state index contributed by atoms with van der Waals surface area (Å²) in [5.41, 5.74) is 0.551. The molecule has 1 N–H and O–H groups in total. The summed E-state index contributed by atoms with van der Waals surface area (Å²) in [6, 6.07) is 8.66. The maximum Gasteiger partial charge on any atom is 0.204 e. The van der Waals surface area contributed by atoms with Crippen LogP contribution in [0.4, 0.5) is 0 Å². The normalized spacial score (nSPS) is 13.5. The maximum atomic E-state index is 13.4. The van der Waals surface area contributed by atoms with E-state index in [-0.39, 0.29) is 17.3 Å². The van der Waals surface area contributed by atoms with Crippen LogP contribution in [0.2, 0.25) is 0 Å². The Labute approximate surface area is 202 Å². The van der Waals surface area contributed by atoms with Crippen molar-refractivity contribution in [3.63, 3.8) is 0 Å². The van der Waals surface area contributed by atoms with Gasteiger partial charge < -0.3 is 23.4 Å². The van der Waals surface area contributed by atoms with Gasteiger partial charge in [-0.05, 0) is 38.1 Å². The van der Waals surface area contributed by atoms with E-state index in [0.29, 0.717) is 34.6 Å². The van der Waals surface area contributed by atoms with Crippen molar-refractivity contribution in [2.24, 2.45) is 0 Å². The Balaban J connectivity index is 1.83. The number of aliphatic hydroxyl groups excluding tert-OH is 1. The summed E-state index contributed by atoms with van der Waals surface area (Å²) in [6.45, 7) is 4.80. The number of rotatable bonds is 9. The van der Waals surface area contributed by atoms with Crippen molar-refractivity contribution >= 4 is 9.84 Å². The molecule has 0 aliphatic heterocycles. The van der Waals surface area contributed by atoms with Crippen molar-refractivity contribution in [2.75, 3.05) is 14.2 Å². The van der Waals surface area contributed by atoms with E-state index in [0.717, 1.165) is 0 Å². The molecule has 0 amide bonds. The van der Waals surface area contributed by atoms with Crippen LogP contribution in [0.5, 0.6) is 11.5 Å². The van der Waals surface area contributed by atoms with Crippen LogP contribution in [0.25, 0.3) is 17.3 Å². The quantitative estimate of drug-likeness (QED) is 0.362. The zero-order valence-corrected chi connectivity index (χ0v) is 20.7. The molecule has 11 nitrogen and oxygen atoms in total. The second kappa shape index (κ2) is 9.55. The van der Waals surface area contributed by atoms with E-state index in [9.17, 15) is 13.5 Å². The highest BCUT2D eigenvalue weighted by Crippen LogP contribution is 2.37. The molecule has 0 radical (unpaired) electrons. The minimum Gasteiger partial charge on any atom is -0.494 e. The zero-order chi connectivity index (χ0) is 25.3. The third kappa shape index (κ3) is 4.66. The SMILES string of the molecule is COc1cccc(OC)c1-n1c(CS(=O)(=O)[C@H](C)[C@@H](O)c2coc(C)n2)nnc1-c1ccc(C)o1. The number of nitrogens with zero attached hydrogens (tertiary/aromatic N) is 4. The average Bonchev–Trinajstić information content (AvgIpc) is 3.57. The first-order chi connectivity index (χ1) is 16.7. The van der Waals surface area contributed by atoms with Crippen molar-refractivity contribution in [3.8, 4) is 28.8 Å².